The van der Waals surface area contributed by atoms with E-state index in [1.165, 1.54) is 4.57 Å². The van der Waals surface area contributed by atoms with Gasteiger partial charge in [-0.25, -0.2) is 0 Å². The Kier molecular flexibility index (Phi) is 5.60. The molecule has 2 aromatic carbocycles. The molecule has 0 aliphatic carbocycles. The van der Waals surface area contributed by atoms with Gasteiger partial charge in [0.15, 0.2) is 16.3 Å². The molecule has 0 saturated heterocycles. The van der Waals surface area contributed by atoms with Crippen molar-refractivity contribution in [3.8, 4) is 23.1 Å². The number of ether oxygens (including phenoxy) is 2. The summed E-state index contributed by atoms with van der Waals surface area (Å²) >= 11 is 5.41. The second-order valence-corrected chi connectivity index (χ2v) is 8.17. The highest BCUT2D eigenvalue weighted by atomic mass is 32.1. The molecule has 1 atom stereocenters. The number of fused-ring (bicyclic) bond motifs is 1. The molecule has 0 bridgehead atoms. The van der Waals surface area contributed by atoms with Crippen molar-refractivity contribution in [2.24, 2.45) is 0 Å². The number of nitrogens with one attached hydrogen (secondary N) is 1. The van der Waals surface area contributed by atoms with Crippen molar-refractivity contribution in [2.75, 3.05) is 20.8 Å². The van der Waals surface area contributed by atoms with Gasteiger partial charge >= 0.3 is 0 Å². The summed E-state index contributed by atoms with van der Waals surface area (Å²) in [5.41, 5.74) is 4.62. The van der Waals surface area contributed by atoms with Crippen molar-refractivity contribution < 1.29 is 19.9 Å². The zero-order chi connectivity index (χ0) is 22.3. The lowest BCUT2D eigenvalue weighted by atomic mass is 9.90. The molecule has 1 aromatic heterocycles. The van der Waals surface area contributed by atoms with E-state index >= 15 is 0 Å². The molecule has 0 radical (unpaired) electrons. The molecule has 0 unspecified atom stereocenters. The van der Waals surface area contributed by atoms with Gasteiger partial charge in [-0.3, -0.25) is 14.3 Å². The molecule has 0 spiro atoms. The van der Waals surface area contributed by atoms with Crippen LogP contribution in [0.1, 0.15) is 33.9 Å². The average molecular weight is 441 g/mol. The number of benzene rings is 2. The van der Waals surface area contributed by atoms with Crippen LogP contribution in [0.25, 0.3) is 5.69 Å². The fourth-order valence-corrected chi connectivity index (χ4v) is 4.62. The second-order valence-electron chi connectivity index (χ2n) is 7.78. The maximum Gasteiger partial charge on any atom is 0.265 e. The number of aromatic amines is 1. The smallest absolute Gasteiger partial charge is 0.265 e. The summed E-state index contributed by atoms with van der Waals surface area (Å²) in [5, 5.41) is 13.4. The minimum atomic E-state index is -0.403. The Morgan fingerprint density at radius 1 is 1.16 bits per heavy atom. The van der Waals surface area contributed by atoms with Gasteiger partial charge in [0.2, 0.25) is 5.88 Å². The highest BCUT2D eigenvalue weighted by molar-refractivity contribution is 7.71. The van der Waals surface area contributed by atoms with Crippen molar-refractivity contribution in [3.05, 3.63) is 73.3 Å². The molecule has 4 N–H and O–H groups in total. The zero-order valence-electron chi connectivity index (χ0n) is 18.0. The van der Waals surface area contributed by atoms with Gasteiger partial charge in [0.25, 0.3) is 5.56 Å². The van der Waals surface area contributed by atoms with Gasteiger partial charge in [-0.15, -0.1) is 0 Å². The monoisotopic (exact) mass is 440 g/mol. The number of rotatable bonds is 4. The predicted octanol–water partition coefficient (Wildman–Crippen LogP) is 2.44. The summed E-state index contributed by atoms with van der Waals surface area (Å²) in [7, 11) is 3.18. The van der Waals surface area contributed by atoms with E-state index < -0.39 is 11.6 Å². The topological polar surface area (TPSA) is 93.1 Å². The van der Waals surface area contributed by atoms with E-state index in [-0.39, 0.29) is 16.2 Å². The van der Waals surface area contributed by atoms with Gasteiger partial charge in [-0.2, -0.15) is 0 Å². The van der Waals surface area contributed by atoms with Gasteiger partial charge in [0.1, 0.15) is 11.6 Å². The first-order valence-corrected chi connectivity index (χ1v) is 10.5. The number of hydrogen-bond acceptors (Lipinski definition) is 5. The fraction of sp³-hybridized carbons (Fsp3) is 0.304. The number of nitrogens with two attached hydrogens (primary N) is 1. The van der Waals surface area contributed by atoms with Crippen LogP contribution in [-0.2, 0) is 6.42 Å². The van der Waals surface area contributed by atoms with E-state index in [2.05, 4.69) is 4.98 Å². The third-order valence-electron chi connectivity index (χ3n) is 5.82. The van der Waals surface area contributed by atoms with Crippen LogP contribution >= 0.6 is 12.2 Å². The molecule has 0 saturated carbocycles. The molecule has 2 heterocycles. The maximum absolute atomic E-state index is 13.0. The van der Waals surface area contributed by atoms with Crippen LogP contribution in [0.3, 0.4) is 0 Å². The minimum Gasteiger partial charge on any atom is -0.494 e. The fourth-order valence-electron chi connectivity index (χ4n) is 4.35. The van der Waals surface area contributed by atoms with E-state index in [1.807, 2.05) is 49.5 Å². The van der Waals surface area contributed by atoms with Crippen LogP contribution in [0.2, 0.25) is 0 Å². The molecule has 162 valence electrons. The average Bonchev–Trinajstić information content (AvgIpc) is 2.74. The van der Waals surface area contributed by atoms with Crippen LogP contribution in [0.4, 0.5) is 0 Å². The molecular weight excluding hydrogens is 414 g/mol. The van der Waals surface area contributed by atoms with Gasteiger partial charge in [-0.1, -0.05) is 17.7 Å². The van der Waals surface area contributed by atoms with Gasteiger partial charge in [-0.05, 0) is 55.4 Å². The molecule has 1 aliphatic heterocycles. The third-order valence-corrected chi connectivity index (χ3v) is 6.11. The van der Waals surface area contributed by atoms with E-state index in [9.17, 15) is 9.90 Å². The molecule has 1 aliphatic rings. The first kappa shape index (κ1) is 21.1. The summed E-state index contributed by atoms with van der Waals surface area (Å²) in [6, 6.07) is 9.29. The standard InChI is InChI=1S/C23H25N3O4S/c1-12-5-6-16(13(2)9-12)26-22(28)19(21(27)25-23(26)31)20-15-11-18(30-4)17(29-3)10-14(15)7-8-24-20/h5-6,9-11,20,24,28H,7-8H2,1-4H3,(H,25,27,31)/p+1/t20-/m1/s1. The van der Waals surface area contributed by atoms with Crippen molar-refractivity contribution in [1.29, 1.82) is 0 Å². The summed E-state index contributed by atoms with van der Waals surface area (Å²) in [4.78, 5) is 15.8. The Morgan fingerprint density at radius 2 is 1.87 bits per heavy atom. The Morgan fingerprint density at radius 3 is 2.55 bits per heavy atom. The van der Waals surface area contributed by atoms with E-state index in [0.29, 0.717) is 11.5 Å². The van der Waals surface area contributed by atoms with Crippen LogP contribution < -0.4 is 20.3 Å². The summed E-state index contributed by atoms with van der Waals surface area (Å²) in [6.07, 6.45) is 0.820. The normalized spacial score (nSPS) is 15.4. The molecule has 0 amide bonds. The first-order chi connectivity index (χ1) is 14.8. The number of H-pyrrole nitrogens is 1. The van der Waals surface area contributed by atoms with Crippen molar-refractivity contribution in [2.45, 2.75) is 26.3 Å². The summed E-state index contributed by atoms with van der Waals surface area (Å²) in [5.74, 6) is 1.08. The summed E-state index contributed by atoms with van der Waals surface area (Å²) < 4.78 is 12.6. The van der Waals surface area contributed by atoms with E-state index in [0.717, 1.165) is 40.9 Å². The molecule has 31 heavy (non-hydrogen) atoms. The number of quaternary nitrogens is 1. The number of hydrogen-bond donors (Lipinski definition) is 3. The number of aryl methyl sites for hydroxylation is 2. The van der Waals surface area contributed by atoms with E-state index in [4.69, 9.17) is 21.7 Å². The first-order valence-electron chi connectivity index (χ1n) is 10.1. The highest BCUT2D eigenvalue weighted by Crippen LogP contribution is 2.37. The Balaban J connectivity index is 1.95. The lowest BCUT2D eigenvalue weighted by Crippen LogP contribution is -2.87. The highest BCUT2D eigenvalue weighted by Gasteiger charge is 2.33. The van der Waals surface area contributed by atoms with E-state index in [1.54, 1.807) is 14.2 Å². The molecule has 4 rings (SSSR count). The molecule has 3 aromatic rings. The number of aromatic nitrogens is 2. The summed E-state index contributed by atoms with van der Waals surface area (Å²) in [6.45, 7) is 4.72. The predicted molar refractivity (Wildman–Crippen MR) is 120 cm³/mol. The second kappa shape index (κ2) is 8.20. The number of nitrogens with zero attached hydrogens (tertiary/aromatic N) is 1. The SMILES string of the molecule is COc1cc2c(cc1OC)[C@H](c1c(O)n(-c3ccc(C)cc3C)c(=S)[nH]c1=O)[NH2+]CC2. The van der Waals surface area contributed by atoms with Crippen molar-refractivity contribution in [3.63, 3.8) is 0 Å². The number of methoxy groups -OCH3 is 2. The van der Waals surface area contributed by atoms with Crippen LogP contribution in [0, 0.1) is 18.6 Å². The molecule has 0 fully saturated rings. The zero-order valence-corrected chi connectivity index (χ0v) is 18.8. The largest absolute Gasteiger partial charge is 0.494 e. The van der Waals surface area contributed by atoms with Crippen molar-refractivity contribution in [1.82, 2.24) is 9.55 Å². The lowest BCUT2D eigenvalue weighted by Gasteiger charge is -2.26. The van der Waals surface area contributed by atoms with Gasteiger partial charge in [0.05, 0.1) is 26.5 Å². The van der Waals surface area contributed by atoms with Gasteiger partial charge < -0.3 is 19.9 Å². The minimum absolute atomic E-state index is 0.149. The molecule has 8 heteroatoms. The lowest BCUT2D eigenvalue weighted by molar-refractivity contribution is -0.690. The third kappa shape index (κ3) is 3.62. The van der Waals surface area contributed by atoms with Crippen LogP contribution in [0.15, 0.2) is 35.1 Å². The molecule has 7 nitrogen and oxygen atoms in total. The Bertz CT molecular complexity index is 1280. The number of aromatic hydroxyl groups is 1. The quantitative estimate of drug-likeness (QED) is 0.542. The Labute approximate surface area is 185 Å². The van der Waals surface area contributed by atoms with Crippen LogP contribution in [0.5, 0.6) is 17.4 Å². The van der Waals surface area contributed by atoms with Crippen molar-refractivity contribution >= 4 is 12.2 Å². The van der Waals surface area contributed by atoms with Crippen LogP contribution in [-0.4, -0.2) is 35.4 Å². The van der Waals surface area contributed by atoms with Gasteiger partial charge in [0, 0.05) is 12.0 Å². The Hall–Kier alpha value is -3.10. The maximum atomic E-state index is 13.0. The molecular formula is C23H26N3O4S+.